The molecule has 0 spiro atoms. The molecule has 0 aromatic rings. The van der Waals surface area contributed by atoms with Gasteiger partial charge >= 0.3 is 0 Å². The van der Waals surface area contributed by atoms with Gasteiger partial charge in [0.15, 0.2) is 0 Å². The van der Waals surface area contributed by atoms with E-state index in [4.69, 9.17) is 0 Å². The first-order valence-electron chi connectivity index (χ1n) is 23.6. The van der Waals surface area contributed by atoms with Gasteiger partial charge in [-0.05, 0) is 38.5 Å². The highest BCUT2D eigenvalue weighted by Gasteiger charge is 2.28. The maximum absolute atomic E-state index is 12.4. The first-order valence-corrected chi connectivity index (χ1v) is 23.6. The van der Waals surface area contributed by atoms with E-state index in [0.717, 1.165) is 38.5 Å². The van der Waals surface area contributed by atoms with Gasteiger partial charge in [-0.1, -0.05) is 225 Å². The van der Waals surface area contributed by atoms with E-state index in [9.17, 15) is 25.2 Å². The van der Waals surface area contributed by atoms with E-state index in [0.29, 0.717) is 12.8 Å². The lowest BCUT2D eigenvalue weighted by Crippen LogP contribution is -2.53. The quantitative estimate of drug-likeness (QED) is 0.0315. The number of aliphatic hydroxyl groups is 4. The Morgan fingerprint density at radius 2 is 0.755 bits per heavy atom. The van der Waals surface area contributed by atoms with Crippen LogP contribution in [0.2, 0.25) is 0 Å². The van der Waals surface area contributed by atoms with Gasteiger partial charge in [0.1, 0.15) is 12.2 Å². The van der Waals surface area contributed by atoms with Crippen LogP contribution in [0.15, 0.2) is 12.2 Å². The molecule has 0 fully saturated rings. The van der Waals surface area contributed by atoms with E-state index >= 15 is 0 Å². The molecule has 0 aromatic heterocycles. The van der Waals surface area contributed by atoms with Crippen molar-refractivity contribution in [2.24, 2.45) is 0 Å². The van der Waals surface area contributed by atoms with Gasteiger partial charge in [-0.15, -0.1) is 0 Å². The number of aliphatic hydroxyl groups excluding tert-OH is 4. The average Bonchev–Trinajstić information content (AvgIpc) is 3.16. The summed E-state index contributed by atoms with van der Waals surface area (Å²) < 4.78 is 0. The molecule has 1 amide bonds. The van der Waals surface area contributed by atoms with Crippen LogP contribution in [0.5, 0.6) is 0 Å². The Kier molecular flexibility index (Phi) is 41.4. The van der Waals surface area contributed by atoms with Gasteiger partial charge in [0.25, 0.3) is 0 Å². The van der Waals surface area contributed by atoms with E-state index in [1.54, 1.807) is 0 Å². The van der Waals surface area contributed by atoms with Crippen molar-refractivity contribution in [1.29, 1.82) is 0 Å². The van der Waals surface area contributed by atoms with Crippen LogP contribution in [-0.2, 0) is 4.79 Å². The van der Waals surface area contributed by atoms with E-state index in [2.05, 4.69) is 31.3 Å². The molecular formula is C47H93NO5. The number of rotatable bonds is 43. The SMILES string of the molecule is CCCCCCCCCCCCCC/C=C\CCCCCCCCCCCCCCCCCC(O)C(=O)NC(CO)C(O)C(O)CCCCCCCC. The fraction of sp³-hybridized carbons (Fsp3) is 0.936. The van der Waals surface area contributed by atoms with Crippen molar-refractivity contribution in [3.8, 4) is 0 Å². The fourth-order valence-corrected chi connectivity index (χ4v) is 7.46. The van der Waals surface area contributed by atoms with Crippen molar-refractivity contribution in [3.63, 3.8) is 0 Å². The van der Waals surface area contributed by atoms with Gasteiger partial charge in [-0.2, -0.15) is 0 Å². The number of amides is 1. The molecule has 0 saturated heterocycles. The highest BCUT2D eigenvalue weighted by molar-refractivity contribution is 5.80. The molecule has 0 aliphatic rings. The predicted molar refractivity (Wildman–Crippen MR) is 228 cm³/mol. The largest absolute Gasteiger partial charge is 0.394 e. The summed E-state index contributed by atoms with van der Waals surface area (Å²) in [6.45, 7) is 3.98. The van der Waals surface area contributed by atoms with Crippen molar-refractivity contribution in [2.45, 2.75) is 276 Å². The zero-order chi connectivity index (χ0) is 38.9. The number of unbranched alkanes of at least 4 members (excludes halogenated alkanes) is 32. The molecule has 0 rings (SSSR count). The Hall–Kier alpha value is -0.950. The maximum atomic E-state index is 12.4. The lowest BCUT2D eigenvalue weighted by Gasteiger charge is -2.27. The molecule has 6 nitrogen and oxygen atoms in total. The summed E-state index contributed by atoms with van der Waals surface area (Å²) in [6.07, 6.45) is 47.4. The first-order chi connectivity index (χ1) is 26.0. The second kappa shape index (κ2) is 42.2. The molecule has 53 heavy (non-hydrogen) atoms. The van der Waals surface area contributed by atoms with Crippen LogP contribution in [0, 0.1) is 0 Å². The number of carbonyl (C=O) groups excluding carboxylic acids is 1. The molecule has 6 heteroatoms. The summed E-state index contributed by atoms with van der Waals surface area (Å²) in [4.78, 5) is 12.4. The number of carbonyl (C=O) groups is 1. The van der Waals surface area contributed by atoms with Crippen LogP contribution in [0.4, 0.5) is 0 Å². The van der Waals surface area contributed by atoms with Crippen LogP contribution >= 0.6 is 0 Å². The van der Waals surface area contributed by atoms with E-state index in [1.807, 2.05) is 0 Å². The standard InChI is InChI=1S/C47H93NO5/c1-3-5-7-9-11-12-13-14-15-16-17-18-19-20-21-22-23-24-25-26-27-28-29-30-31-32-33-34-35-37-39-41-45(51)47(53)48-43(42-49)46(52)44(50)40-38-36-10-8-6-4-2/h20-21,43-46,49-52H,3-19,22-42H2,1-2H3,(H,48,53)/b21-20-. The van der Waals surface area contributed by atoms with E-state index < -0.39 is 36.9 Å². The third-order valence-electron chi connectivity index (χ3n) is 11.2. The van der Waals surface area contributed by atoms with Crippen molar-refractivity contribution in [3.05, 3.63) is 12.2 Å². The number of allylic oxidation sites excluding steroid dienone is 2. The minimum atomic E-state index is -1.25. The van der Waals surface area contributed by atoms with Gasteiger partial charge in [-0.25, -0.2) is 0 Å². The van der Waals surface area contributed by atoms with Gasteiger partial charge < -0.3 is 25.7 Å². The monoisotopic (exact) mass is 752 g/mol. The predicted octanol–water partition coefficient (Wildman–Crippen LogP) is 12.6. The molecule has 0 bridgehead atoms. The summed E-state index contributed by atoms with van der Waals surface area (Å²) in [5, 5.41) is 43.3. The second-order valence-electron chi connectivity index (χ2n) is 16.5. The maximum Gasteiger partial charge on any atom is 0.249 e. The summed E-state index contributed by atoms with van der Waals surface area (Å²) in [5.74, 6) is -0.585. The zero-order valence-corrected chi connectivity index (χ0v) is 35.5. The molecule has 0 aliphatic carbocycles. The smallest absolute Gasteiger partial charge is 0.249 e. The van der Waals surface area contributed by atoms with Crippen LogP contribution in [0.3, 0.4) is 0 Å². The third-order valence-corrected chi connectivity index (χ3v) is 11.2. The van der Waals surface area contributed by atoms with Gasteiger partial charge in [0, 0.05) is 0 Å². The van der Waals surface area contributed by atoms with Crippen LogP contribution in [-0.4, -0.2) is 57.3 Å². The molecule has 0 saturated carbocycles. The molecular weight excluding hydrogens is 659 g/mol. The van der Waals surface area contributed by atoms with Gasteiger partial charge in [-0.3, -0.25) is 4.79 Å². The molecule has 0 aromatic carbocycles. The third kappa shape index (κ3) is 36.4. The lowest BCUT2D eigenvalue weighted by atomic mass is 9.99. The van der Waals surface area contributed by atoms with Crippen molar-refractivity contribution >= 4 is 5.91 Å². The fourth-order valence-electron chi connectivity index (χ4n) is 7.46. The molecule has 0 aliphatic heterocycles. The highest BCUT2D eigenvalue weighted by atomic mass is 16.3. The Morgan fingerprint density at radius 3 is 1.09 bits per heavy atom. The van der Waals surface area contributed by atoms with E-state index in [-0.39, 0.29) is 0 Å². The Balaban J connectivity index is 3.49. The minimum absolute atomic E-state index is 0.372. The Morgan fingerprint density at radius 1 is 0.453 bits per heavy atom. The Labute approximate surface area is 330 Å². The normalized spacial score (nSPS) is 14.2. The Bertz CT molecular complexity index is 761. The molecule has 0 radical (unpaired) electrons. The molecule has 4 unspecified atom stereocenters. The first kappa shape index (κ1) is 52.0. The average molecular weight is 752 g/mol. The van der Waals surface area contributed by atoms with Crippen molar-refractivity contribution in [1.82, 2.24) is 5.32 Å². The molecule has 5 N–H and O–H groups in total. The summed E-state index contributed by atoms with van der Waals surface area (Å²) in [6, 6.07) is -0.978. The van der Waals surface area contributed by atoms with Crippen molar-refractivity contribution in [2.75, 3.05) is 6.61 Å². The summed E-state index contributed by atoms with van der Waals surface area (Å²) in [7, 11) is 0. The van der Waals surface area contributed by atoms with Crippen LogP contribution < -0.4 is 5.32 Å². The zero-order valence-electron chi connectivity index (χ0n) is 35.5. The van der Waals surface area contributed by atoms with Crippen LogP contribution in [0.1, 0.15) is 251 Å². The second-order valence-corrected chi connectivity index (χ2v) is 16.5. The van der Waals surface area contributed by atoms with Gasteiger partial charge in [0.2, 0.25) is 5.91 Å². The number of nitrogens with one attached hydrogen (secondary N) is 1. The van der Waals surface area contributed by atoms with Crippen molar-refractivity contribution < 1.29 is 25.2 Å². The minimum Gasteiger partial charge on any atom is -0.394 e. The number of hydrogen-bond donors (Lipinski definition) is 5. The van der Waals surface area contributed by atoms with Gasteiger partial charge in [0.05, 0.1) is 18.8 Å². The number of hydrogen-bond acceptors (Lipinski definition) is 5. The molecule has 0 heterocycles. The lowest BCUT2D eigenvalue weighted by molar-refractivity contribution is -0.132. The van der Waals surface area contributed by atoms with Crippen LogP contribution in [0.25, 0.3) is 0 Å². The summed E-state index contributed by atoms with van der Waals surface area (Å²) >= 11 is 0. The highest BCUT2D eigenvalue weighted by Crippen LogP contribution is 2.17. The molecule has 4 atom stereocenters. The molecule has 316 valence electrons. The van der Waals surface area contributed by atoms with E-state index in [1.165, 1.54) is 186 Å². The summed E-state index contributed by atoms with van der Waals surface area (Å²) in [5.41, 5.74) is 0. The topological polar surface area (TPSA) is 110 Å².